The maximum Gasteiger partial charge on any atom is 0.251 e. The van der Waals surface area contributed by atoms with Crippen LogP contribution in [0, 0.1) is 0 Å². The van der Waals surface area contributed by atoms with Crippen molar-refractivity contribution in [3.63, 3.8) is 0 Å². The third kappa shape index (κ3) is 4.19. The van der Waals surface area contributed by atoms with Crippen LogP contribution in [0.1, 0.15) is 20.8 Å². The van der Waals surface area contributed by atoms with Crippen LogP contribution in [-0.4, -0.2) is 46.4 Å². The van der Waals surface area contributed by atoms with E-state index in [-0.39, 0.29) is 12.0 Å². The highest BCUT2D eigenvalue weighted by Crippen LogP contribution is 2.00. The molecule has 1 unspecified atom stereocenters. The highest BCUT2D eigenvalue weighted by molar-refractivity contribution is 5.80. The van der Waals surface area contributed by atoms with E-state index in [1.54, 1.807) is 18.0 Å². The monoisotopic (exact) mass is 239 g/mol. The maximum absolute atomic E-state index is 12.0. The van der Waals surface area contributed by atoms with E-state index in [2.05, 4.69) is 5.10 Å². The van der Waals surface area contributed by atoms with Crippen LogP contribution in [0.3, 0.4) is 0 Å². The number of hydrogen-bond acceptors (Lipinski definition) is 3. The van der Waals surface area contributed by atoms with Crippen molar-refractivity contribution in [1.29, 1.82) is 0 Å². The number of carbonyl (C=O) groups is 1. The van der Waals surface area contributed by atoms with Gasteiger partial charge in [0.2, 0.25) is 0 Å². The van der Waals surface area contributed by atoms with Crippen molar-refractivity contribution in [1.82, 2.24) is 14.7 Å². The molecule has 0 aliphatic carbocycles. The molecule has 96 valence electrons. The summed E-state index contributed by atoms with van der Waals surface area (Å²) in [6.45, 7) is 8.28. The molecule has 0 aliphatic heterocycles. The Kier molecular flexibility index (Phi) is 5.69. The SMILES string of the molecule is CCOC(C)C(=O)N(CC)CCn1cccn1. The van der Waals surface area contributed by atoms with E-state index in [1.807, 2.05) is 30.8 Å². The second kappa shape index (κ2) is 7.06. The van der Waals surface area contributed by atoms with E-state index in [0.717, 1.165) is 0 Å². The van der Waals surface area contributed by atoms with Crippen molar-refractivity contribution >= 4 is 5.91 Å². The Balaban J connectivity index is 2.44. The molecule has 17 heavy (non-hydrogen) atoms. The number of ether oxygens (including phenoxy) is 1. The van der Waals surface area contributed by atoms with Crippen molar-refractivity contribution in [3.05, 3.63) is 18.5 Å². The van der Waals surface area contributed by atoms with Crippen LogP contribution in [0.15, 0.2) is 18.5 Å². The predicted molar refractivity (Wildman–Crippen MR) is 65.6 cm³/mol. The number of nitrogens with zero attached hydrogens (tertiary/aromatic N) is 3. The first-order valence-corrected chi connectivity index (χ1v) is 6.06. The second-order valence-electron chi connectivity index (χ2n) is 3.78. The molecule has 0 saturated carbocycles. The second-order valence-corrected chi connectivity index (χ2v) is 3.78. The Bertz CT molecular complexity index is 325. The molecule has 1 amide bonds. The number of amides is 1. The van der Waals surface area contributed by atoms with Gasteiger partial charge in [0.05, 0.1) is 6.54 Å². The third-order valence-electron chi connectivity index (χ3n) is 2.62. The largest absolute Gasteiger partial charge is 0.369 e. The Morgan fingerprint density at radius 1 is 1.53 bits per heavy atom. The van der Waals surface area contributed by atoms with Crippen molar-refractivity contribution in [3.8, 4) is 0 Å². The average Bonchev–Trinajstić information content (AvgIpc) is 2.83. The van der Waals surface area contributed by atoms with Gasteiger partial charge >= 0.3 is 0 Å². The van der Waals surface area contributed by atoms with Crippen molar-refractivity contribution < 1.29 is 9.53 Å². The standard InChI is InChI=1S/C12H21N3O2/c1-4-14(12(16)11(3)17-5-2)9-10-15-8-6-7-13-15/h6-8,11H,4-5,9-10H2,1-3H3. The summed E-state index contributed by atoms with van der Waals surface area (Å²) in [6.07, 6.45) is 3.27. The van der Waals surface area contributed by atoms with E-state index in [0.29, 0.717) is 26.2 Å². The lowest BCUT2D eigenvalue weighted by Crippen LogP contribution is -2.40. The van der Waals surface area contributed by atoms with Crippen LogP contribution in [0.25, 0.3) is 0 Å². The molecule has 0 bridgehead atoms. The lowest BCUT2D eigenvalue weighted by Gasteiger charge is -2.24. The fourth-order valence-corrected chi connectivity index (χ4v) is 1.66. The molecule has 0 radical (unpaired) electrons. The molecule has 0 aliphatic rings. The summed E-state index contributed by atoms with van der Waals surface area (Å²) >= 11 is 0. The van der Waals surface area contributed by atoms with E-state index in [4.69, 9.17) is 4.74 Å². The van der Waals surface area contributed by atoms with Crippen molar-refractivity contribution in [2.45, 2.75) is 33.4 Å². The molecule has 5 nitrogen and oxygen atoms in total. The quantitative estimate of drug-likeness (QED) is 0.717. The molecule has 0 saturated heterocycles. The fourth-order valence-electron chi connectivity index (χ4n) is 1.66. The molecule has 1 atom stereocenters. The molecule has 0 aromatic carbocycles. The summed E-state index contributed by atoms with van der Waals surface area (Å²) in [5.74, 6) is 0.0431. The molecule has 0 spiro atoms. The van der Waals surface area contributed by atoms with Gasteiger partial charge in [-0.25, -0.2) is 0 Å². The Labute approximate surface area is 102 Å². The number of rotatable bonds is 7. The van der Waals surface area contributed by atoms with Gasteiger partial charge in [0.1, 0.15) is 6.10 Å². The van der Waals surface area contributed by atoms with E-state index >= 15 is 0 Å². The maximum atomic E-state index is 12.0. The lowest BCUT2D eigenvalue weighted by molar-refractivity contribution is -0.142. The molecule has 5 heteroatoms. The van der Waals surface area contributed by atoms with Crippen LogP contribution >= 0.6 is 0 Å². The van der Waals surface area contributed by atoms with Gasteiger partial charge < -0.3 is 9.64 Å². The minimum atomic E-state index is -0.363. The number of likely N-dealkylation sites (N-methyl/N-ethyl adjacent to an activating group) is 1. The highest BCUT2D eigenvalue weighted by atomic mass is 16.5. The fraction of sp³-hybridized carbons (Fsp3) is 0.667. The molecular weight excluding hydrogens is 218 g/mol. The molecule has 1 aromatic heterocycles. The number of hydrogen-bond donors (Lipinski definition) is 0. The summed E-state index contributed by atoms with van der Waals surface area (Å²) in [7, 11) is 0. The molecule has 1 rings (SSSR count). The molecular formula is C12H21N3O2. The van der Waals surface area contributed by atoms with Gasteiger partial charge in [-0.05, 0) is 26.8 Å². The zero-order chi connectivity index (χ0) is 12.7. The Hall–Kier alpha value is -1.36. The number of carbonyl (C=O) groups excluding carboxylic acids is 1. The van der Waals surface area contributed by atoms with Gasteiger partial charge in [-0.1, -0.05) is 0 Å². The van der Waals surface area contributed by atoms with Gasteiger partial charge in [-0.2, -0.15) is 5.10 Å². The zero-order valence-electron chi connectivity index (χ0n) is 10.8. The Morgan fingerprint density at radius 2 is 2.29 bits per heavy atom. The van der Waals surface area contributed by atoms with Gasteiger partial charge in [-0.3, -0.25) is 9.48 Å². The highest BCUT2D eigenvalue weighted by Gasteiger charge is 2.19. The summed E-state index contributed by atoms with van der Waals surface area (Å²) in [6, 6.07) is 1.88. The van der Waals surface area contributed by atoms with Gasteiger partial charge in [0.15, 0.2) is 0 Å². The molecule has 1 heterocycles. The first-order chi connectivity index (χ1) is 8.19. The van der Waals surface area contributed by atoms with Crippen LogP contribution < -0.4 is 0 Å². The first kappa shape index (κ1) is 13.7. The third-order valence-corrected chi connectivity index (χ3v) is 2.62. The normalized spacial score (nSPS) is 12.4. The van der Waals surface area contributed by atoms with Crippen LogP contribution in [0.5, 0.6) is 0 Å². The van der Waals surface area contributed by atoms with E-state index in [1.165, 1.54) is 0 Å². The summed E-state index contributed by atoms with van der Waals surface area (Å²) in [5.41, 5.74) is 0. The summed E-state index contributed by atoms with van der Waals surface area (Å²) in [4.78, 5) is 13.8. The van der Waals surface area contributed by atoms with E-state index in [9.17, 15) is 4.79 Å². The zero-order valence-corrected chi connectivity index (χ0v) is 10.8. The minimum absolute atomic E-state index is 0.0431. The van der Waals surface area contributed by atoms with E-state index < -0.39 is 0 Å². The van der Waals surface area contributed by atoms with Crippen LogP contribution in [0.4, 0.5) is 0 Å². The first-order valence-electron chi connectivity index (χ1n) is 6.06. The summed E-state index contributed by atoms with van der Waals surface area (Å²) < 4.78 is 7.13. The smallest absolute Gasteiger partial charge is 0.251 e. The predicted octanol–water partition coefficient (Wildman–Crippen LogP) is 1.16. The Morgan fingerprint density at radius 3 is 2.82 bits per heavy atom. The van der Waals surface area contributed by atoms with Crippen LogP contribution in [-0.2, 0) is 16.1 Å². The van der Waals surface area contributed by atoms with Crippen molar-refractivity contribution in [2.24, 2.45) is 0 Å². The topological polar surface area (TPSA) is 47.4 Å². The van der Waals surface area contributed by atoms with Crippen LogP contribution in [0.2, 0.25) is 0 Å². The lowest BCUT2D eigenvalue weighted by atomic mass is 10.3. The molecule has 0 fully saturated rings. The van der Waals surface area contributed by atoms with Gasteiger partial charge in [0.25, 0.3) is 5.91 Å². The van der Waals surface area contributed by atoms with Gasteiger partial charge in [-0.15, -0.1) is 0 Å². The van der Waals surface area contributed by atoms with Crippen molar-refractivity contribution in [2.75, 3.05) is 19.7 Å². The minimum Gasteiger partial charge on any atom is -0.369 e. The number of aromatic nitrogens is 2. The average molecular weight is 239 g/mol. The molecule has 0 N–H and O–H groups in total. The van der Waals surface area contributed by atoms with Gasteiger partial charge in [0, 0.05) is 32.1 Å². The summed E-state index contributed by atoms with van der Waals surface area (Å²) in [5, 5.41) is 4.11. The molecule has 1 aromatic rings.